The molecule has 0 radical (unpaired) electrons. The van der Waals surface area contributed by atoms with Crippen LogP contribution >= 0.6 is 0 Å². The van der Waals surface area contributed by atoms with E-state index >= 15 is 0 Å². The van der Waals surface area contributed by atoms with Gasteiger partial charge in [0.25, 0.3) is 5.91 Å². The summed E-state index contributed by atoms with van der Waals surface area (Å²) in [5.41, 5.74) is -0.730. The van der Waals surface area contributed by atoms with Crippen molar-refractivity contribution in [2.45, 2.75) is 32.2 Å². The molecule has 1 rings (SSSR count). The van der Waals surface area contributed by atoms with E-state index in [1.54, 1.807) is 0 Å². The minimum Gasteiger partial charge on any atom is -0.480 e. The number of nitrogens with one attached hydrogen (secondary N) is 1. The van der Waals surface area contributed by atoms with Crippen molar-refractivity contribution < 1.29 is 27.9 Å². The average molecular weight is 289 g/mol. The third-order valence-electron chi connectivity index (χ3n) is 2.73. The van der Waals surface area contributed by atoms with Crippen LogP contribution in [0.4, 0.5) is 13.2 Å². The maximum atomic E-state index is 13.4. The van der Waals surface area contributed by atoms with Crippen LogP contribution in [-0.4, -0.2) is 23.0 Å². The number of hydrogen-bond acceptors (Lipinski definition) is 2. The molecule has 2 N–H and O–H groups in total. The molecule has 1 amide bonds. The number of halogens is 3. The molecule has 0 aliphatic carbocycles. The van der Waals surface area contributed by atoms with E-state index in [2.05, 4.69) is 5.32 Å². The van der Waals surface area contributed by atoms with E-state index in [9.17, 15) is 22.8 Å². The Morgan fingerprint density at radius 1 is 1.25 bits per heavy atom. The Morgan fingerprint density at radius 2 is 1.90 bits per heavy atom. The number of rotatable bonds is 6. The third-order valence-corrected chi connectivity index (χ3v) is 2.73. The molecule has 1 aromatic rings. The first-order chi connectivity index (χ1) is 9.38. The molecule has 0 spiro atoms. The molecular formula is C13H14F3NO3. The van der Waals surface area contributed by atoms with E-state index in [1.807, 2.05) is 6.92 Å². The smallest absolute Gasteiger partial charge is 0.326 e. The summed E-state index contributed by atoms with van der Waals surface area (Å²) in [6.45, 7) is 1.84. The SMILES string of the molecule is CCCCC(NC(=O)c1ccc(F)c(F)c1F)C(=O)O. The van der Waals surface area contributed by atoms with Crippen LogP contribution in [0.15, 0.2) is 12.1 Å². The molecule has 7 heteroatoms. The minimum absolute atomic E-state index is 0.170. The van der Waals surface area contributed by atoms with Crippen LogP contribution in [0.25, 0.3) is 0 Å². The van der Waals surface area contributed by atoms with Crippen molar-refractivity contribution in [2.75, 3.05) is 0 Å². The molecule has 0 aliphatic heterocycles. The highest BCUT2D eigenvalue weighted by Gasteiger charge is 2.24. The van der Waals surface area contributed by atoms with Gasteiger partial charge in [0.05, 0.1) is 5.56 Å². The number of unbranched alkanes of at least 4 members (excludes halogenated alkanes) is 1. The third kappa shape index (κ3) is 3.72. The van der Waals surface area contributed by atoms with Crippen molar-refractivity contribution in [3.63, 3.8) is 0 Å². The van der Waals surface area contributed by atoms with E-state index in [0.717, 1.165) is 12.5 Å². The van der Waals surface area contributed by atoms with Crippen molar-refractivity contribution in [3.8, 4) is 0 Å². The second kappa shape index (κ2) is 6.93. The summed E-state index contributed by atoms with van der Waals surface area (Å²) >= 11 is 0. The lowest BCUT2D eigenvalue weighted by Gasteiger charge is -2.14. The molecule has 0 heterocycles. The van der Waals surface area contributed by atoms with Crippen LogP contribution in [0.5, 0.6) is 0 Å². The topological polar surface area (TPSA) is 66.4 Å². The molecule has 1 aromatic carbocycles. The van der Waals surface area contributed by atoms with Crippen LogP contribution in [0.2, 0.25) is 0 Å². The molecule has 1 atom stereocenters. The quantitative estimate of drug-likeness (QED) is 0.791. The summed E-state index contributed by atoms with van der Waals surface area (Å²) in [7, 11) is 0. The van der Waals surface area contributed by atoms with Gasteiger partial charge in [0, 0.05) is 0 Å². The lowest BCUT2D eigenvalue weighted by Crippen LogP contribution is -2.41. The Bertz CT molecular complexity index is 520. The van der Waals surface area contributed by atoms with E-state index in [1.165, 1.54) is 0 Å². The monoisotopic (exact) mass is 289 g/mol. The summed E-state index contributed by atoms with van der Waals surface area (Å²) in [6.07, 6.45) is 1.44. The molecule has 0 bridgehead atoms. The number of carbonyl (C=O) groups excluding carboxylic acids is 1. The number of carboxylic acid groups (broad SMARTS) is 1. The first-order valence-electron chi connectivity index (χ1n) is 6.05. The molecule has 4 nitrogen and oxygen atoms in total. The summed E-state index contributed by atoms with van der Waals surface area (Å²) in [6, 6.07) is 0.173. The van der Waals surface area contributed by atoms with Gasteiger partial charge < -0.3 is 10.4 Å². The van der Waals surface area contributed by atoms with Gasteiger partial charge in [0.1, 0.15) is 6.04 Å². The summed E-state index contributed by atoms with van der Waals surface area (Å²) in [5.74, 6) is -7.18. The van der Waals surface area contributed by atoms with Crippen molar-refractivity contribution in [1.82, 2.24) is 5.32 Å². The Hall–Kier alpha value is -2.05. The number of carboxylic acids is 1. The maximum absolute atomic E-state index is 13.4. The number of hydrogen-bond donors (Lipinski definition) is 2. The van der Waals surface area contributed by atoms with Crippen LogP contribution in [0.1, 0.15) is 36.5 Å². The summed E-state index contributed by atoms with van der Waals surface area (Å²) in [5, 5.41) is 11.0. The van der Waals surface area contributed by atoms with Gasteiger partial charge in [-0.15, -0.1) is 0 Å². The highest BCUT2D eigenvalue weighted by Crippen LogP contribution is 2.15. The molecule has 0 fully saturated rings. The van der Waals surface area contributed by atoms with Gasteiger partial charge in [-0.25, -0.2) is 18.0 Å². The normalized spacial score (nSPS) is 12.0. The molecule has 110 valence electrons. The fraction of sp³-hybridized carbons (Fsp3) is 0.385. The standard InChI is InChI=1S/C13H14F3NO3/c1-2-3-4-9(13(19)20)17-12(18)7-5-6-8(14)11(16)10(7)15/h5-6,9H,2-4H2,1H3,(H,17,18)(H,19,20). The van der Waals surface area contributed by atoms with Crippen LogP contribution < -0.4 is 5.32 Å². The first kappa shape index (κ1) is 16.0. The van der Waals surface area contributed by atoms with Gasteiger partial charge in [-0.05, 0) is 18.6 Å². The van der Waals surface area contributed by atoms with Gasteiger partial charge in [0.15, 0.2) is 17.5 Å². The molecule has 0 saturated heterocycles. The highest BCUT2D eigenvalue weighted by atomic mass is 19.2. The van der Waals surface area contributed by atoms with Crippen LogP contribution in [-0.2, 0) is 4.79 Å². The summed E-state index contributed by atoms with van der Waals surface area (Å²) < 4.78 is 39.1. The second-order valence-electron chi connectivity index (χ2n) is 4.23. The molecular weight excluding hydrogens is 275 g/mol. The lowest BCUT2D eigenvalue weighted by molar-refractivity contribution is -0.139. The molecule has 0 aromatic heterocycles. The highest BCUT2D eigenvalue weighted by molar-refractivity contribution is 5.96. The van der Waals surface area contributed by atoms with Crippen molar-refractivity contribution in [3.05, 3.63) is 35.1 Å². The number of aliphatic carboxylic acids is 1. The predicted molar refractivity (Wildman–Crippen MR) is 64.7 cm³/mol. The second-order valence-corrected chi connectivity index (χ2v) is 4.23. The van der Waals surface area contributed by atoms with E-state index in [-0.39, 0.29) is 6.42 Å². The fourth-order valence-corrected chi connectivity index (χ4v) is 1.60. The van der Waals surface area contributed by atoms with Crippen molar-refractivity contribution in [2.24, 2.45) is 0 Å². The largest absolute Gasteiger partial charge is 0.480 e. The van der Waals surface area contributed by atoms with Gasteiger partial charge in [0.2, 0.25) is 0 Å². The average Bonchev–Trinajstić information content (AvgIpc) is 2.40. The Morgan fingerprint density at radius 3 is 2.45 bits per heavy atom. The number of amides is 1. The molecule has 20 heavy (non-hydrogen) atoms. The Balaban J connectivity index is 2.89. The summed E-state index contributed by atoms with van der Waals surface area (Å²) in [4.78, 5) is 22.6. The molecule has 0 aliphatic rings. The van der Waals surface area contributed by atoms with Gasteiger partial charge in [-0.2, -0.15) is 0 Å². The van der Waals surface area contributed by atoms with Crippen LogP contribution in [0.3, 0.4) is 0 Å². The zero-order chi connectivity index (χ0) is 15.3. The van der Waals surface area contributed by atoms with E-state index < -0.39 is 40.9 Å². The van der Waals surface area contributed by atoms with E-state index in [4.69, 9.17) is 5.11 Å². The van der Waals surface area contributed by atoms with Gasteiger partial charge >= 0.3 is 5.97 Å². The van der Waals surface area contributed by atoms with Gasteiger partial charge in [-0.1, -0.05) is 19.8 Å². The zero-order valence-electron chi connectivity index (χ0n) is 10.8. The Kier molecular flexibility index (Phi) is 5.54. The minimum atomic E-state index is -1.77. The maximum Gasteiger partial charge on any atom is 0.326 e. The number of carbonyl (C=O) groups is 2. The molecule has 0 saturated carbocycles. The first-order valence-corrected chi connectivity index (χ1v) is 6.05. The van der Waals surface area contributed by atoms with Crippen molar-refractivity contribution >= 4 is 11.9 Å². The van der Waals surface area contributed by atoms with Crippen molar-refractivity contribution in [1.29, 1.82) is 0 Å². The predicted octanol–water partition coefficient (Wildman–Crippen LogP) is 2.48. The molecule has 1 unspecified atom stereocenters. The zero-order valence-corrected chi connectivity index (χ0v) is 10.8. The number of benzene rings is 1. The lowest BCUT2D eigenvalue weighted by atomic mass is 10.1. The Labute approximate surface area is 113 Å². The van der Waals surface area contributed by atoms with E-state index in [0.29, 0.717) is 12.5 Å². The van der Waals surface area contributed by atoms with Gasteiger partial charge in [-0.3, -0.25) is 4.79 Å². The van der Waals surface area contributed by atoms with Crippen LogP contribution in [0, 0.1) is 17.5 Å². The fourth-order valence-electron chi connectivity index (χ4n) is 1.60.